The summed E-state index contributed by atoms with van der Waals surface area (Å²) in [6.07, 6.45) is 5.70. The first-order valence-corrected chi connectivity index (χ1v) is 8.45. The van der Waals surface area contributed by atoms with E-state index in [0.717, 1.165) is 30.7 Å². The molecule has 3 heterocycles. The van der Waals surface area contributed by atoms with Crippen LogP contribution in [0.5, 0.6) is 5.75 Å². The van der Waals surface area contributed by atoms with Gasteiger partial charge in [0.05, 0.1) is 19.2 Å². The zero-order valence-electron chi connectivity index (χ0n) is 14.1. The third-order valence-electron chi connectivity index (χ3n) is 4.58. The van der Waals surface area contributed by atoms with Gasteiger partial charge in [-0.05, 0) is 37.6 Å². The minimum atomic E-state index is 0.310. The summed E-state index contributed by atoms with van der Waals surface area (Å²) in [6.45, 7) is 1.64. The number of ether oxygens (including phenoxy) is 1. The van der Waals surface area contributed by atoms with Crippen molar-refractivity contribution in [2.75, 3.05) is 13.7 Å². The van der Waals surface area contributed by atoms with Gasteiger partial charge < -0.3 is 9.15 Å². The van der Waals surface area contributed by atoms with Crippen molar-refractivity contribution in [2.24, 2.45) is 0 Å². The minimum Gasteiger partial charge on any atom is -0.496 e. The van der Waals surface area contributed by atoms with E-state index in [1.54, 1.807) is 19.5 Å². The number of para-hydroxylation sites is 1. The fourth-order valence-electron chi connectivity index (χ4n) is 3.41. The van der Waals surface area contributed by atoms with Gasteiger partial charge in [0.2, 0.25) is 11.8 Å². The lowest BCUT2D eigenvalue weighted by Gasteiger charge is -2.24. The highest BCUT2D eigenvalue weighted by Gasteiger charge is 2.29. The summed E-state index contributed by atoms with van der Waals surface area (Å²) in [7, 11) is 1.72. The number of likely N-dealkylation sites (tertiary alicyclic amines) is 1. The third kappa shape index (κ3) is 3.25. The first kappa shape index (κ1) is 15.8. The first-order valence-electron chi connectivity index (χ1n) is 8.45. The molecule has 0 aliphatic carbocycles. The van der Waals surface area contributed by atoms with Gasteiger partial charge in [0, 0.05) is 24.0 Å². The normalized spacial score (nSPS) is 17.7. The van der Waals surface area contributed by atoms with Crippen LogP contribution in [0.25, 0.3) is 11.5 Å². The van der Waals surface area contributed by atoms with E-state index in [9.17, 15) is 0 Å². The summed E-state index contributed by atoms with van der Waals surface area (Å²) in [6, 6.07) is 12.3. The molecule has 0 saturated carbocycles. The summed E-state index contributed by atoms with van der Waals surface area (Å²) in [5.74, 6) is 2.07. The van der Waals surface area contributed by atoms with Crippen LogP contribution in [0.1, 0.15) is 30.3 Å². The molecule has 4 rings (SSSR count). The smallest absolute Gasteiger partial charge is 0.249 e. The Morgan fingerprint density at radius 2 is 2.12 bits per heavy atom. The van der Waals surface area contributed by atoms with Crippen LogP contribution in [0.15, 0.2) is 53.2 Å². The summed E-state index contributed by atoms with van der Waals surface area (Å²) < 4.78 is 11.4. The second kappa shape index (κ2) is 7.03. The van der Waals surface area contributed by atoms with E-state index >= 15 is 0 Å². The second-order valence-corrected chi connectivity index (χ2v) is 6.11. The van der Waals surface area contributed by atoms with Gasteiger partial charge in [-0.25, -0.2) is 0 Å². The maximum absolute atomic E-state index is 5.84. The molecule has 0 N–H and O–H groups in total. The van der Waals surface area contributed by atoms with Crippen LogP contribution in [-0.4, -0.2) is 33.7 Å². The average molecular weight is 336 g/mol. The molecule has 1 atom stereocenters. The summed E-state index contributed by atoms with van der Waals surface area (Å²) in [5.41, 5.74) is 2.05. The van der Waals surface area contributed by atoms with Crippen molar-refractivity contribution >= 4 is 0 Å². The molecule has 0 spiro atoms. The molecular formula is C19H20N4O2. The zero-order chi connectivity index (χ0) is 17.1. The molecule has 0 unspecified atom stereocenters. The van der Waals surface area contributed by atoms with E-state index in [0.29, 0.717) is 24.4 Å². The van der Waals surface area contributed by atoms with E-state index in [-0.39, 0.29) is 0 Å². The molecule has 3 aromatic rings. The topological polar surface area (TPSA) is 64.3 Å². The summed E-state index contributed by atoms with van der Waals surface area (Å²) in [4.78, 5) is 6.47. The number of hydrogen-bond acceptors (Lipinski definition) is 6. The monoisotopic (exact) mass is 336 g/mol. The molecule has 2 aromatic heterocycles. The van der Waals surface area contributed by atoms with E-state index in [2.05, 4.69) is 32.2 Å². The highest BCUT2D eigenvalue weighted by Crippen LogP contribution is 2.37. The van der Waals surface area contributed by atoms with Crippen LogP contribution in [0.2, 0.25) is 0 Å². The Bertz CT molecular complexity index is 834. The highest BCUT2D eigenvalue weighted by atomic mass is 16.5. The summed E-state index contributed by atoms with van der Waals surface area (Å²) >= 11 is 0. The van der Waals surface area contributed by atoms with Crippen LogP contribution in [0.3, 0.4) is 0 Å². The third-order valence-corrected chi connectivity index (χ3v) is 4.58. The van der Waals surface area contributed by atoms with Crippen molar-refractivity contribution in [1.29, 1.82) is 0 Å². The highest BCUT2D eigenvalue weighted by molar-refractivity contribution is 5.49. The molecule has 1 aliphatic heterocycles. The molecule has 1 saturated heterocycles. The maximum atomic E-state index is 5.84. The summed E-state index contributed by atoms with van der Waals surface area (Å²) in [5, 5.41) is 8.36. The van der Waals surface area contributed by atoms with Crippen LogP contribution in [0, 0.1) is 0 Å². The predicted molar refractivity (Wildman–Crippen MR) is 92.9 cm³/mol. The molecule has 6 heteroatoms. The molecule has 25 heavy (non-hydrogen) atoms. The number of hydrogen-bond donors (Lipinski definition) is 0. The fourth-order valence-corrected chi connectivity index (χ4v) is 3.41. The number of rotatable bonds is 5. The maximum Gasteiger partial charge on any atom is 0.249 e. The second-order valence-electron chi connectivity index (χ2n) is 6.11. The van der Waals surface area contributed by atoms with Gasteiger partial charge in [0.1, 0.15) is 5.75 Å². The Morgan fingerprint density at radius 1 is 1.20 bits per heavy atom. The fraction of sp³-hybridized carbons (Fsp3) is 0.316. The van der Waals surface area contributed by atoms with Gasteiger partial charge in [-0.3, -0.25) is 9.88 Å². The number of aromatic nitrogens is 3. The molecule has 0 radical (unpaired) electrons. The number of methoxy groups -OCH3 is 1. The molecule has 6 nitrogen and oxygen atoms in total. The molecule has 1 aromatic carbocycles. The van der Waals surface area contributed by atoms with Gasteiger partial charge in [0.25, 0.3) is 0 Å². The van der Waals surface area contributed by atoms with Crippen molar-refractivity contribution < 1.29 is 9.15 Å². The van der Waals surface area contributed by atoms with Crippen LogP contribution < -0.4 is 4.74 Å². The van der Waals surface area contributed by atoms with Crippen molar-refractivity contribution in [3.05, 3.63) is 60.2 Å². The molecule has 0 bridgehead atoms. The average Bonchev–Trinajstić information content (AvgIpc) is 3.32. The predicted octanol–water partition coefficient (Wildman–Crippen LogP) is 3.48. The van der Waals surface area contributed by atoms with Gasteiger partial charge >= 0.3 is 0 Å². The van der Waals surface area contributed by atoms with Gasteiger partial charge in [-0.2, -0.15) is 0 Å². The van der Waals surface area contributed by atoms with E-state index < -0.39 is 0 Å². The van der Waals surface area contributed by atoms with Gasteiger partial charge in [-0.1, -0.05) is 18.2 Å². The zero-order valence-corrected chi connectivity index (χ0v) is 14.1. The Kier molecular flexibility index (Phi) is 4.43. The van der Waals surface area contributed by atoms with E-state index in [4.69, 9.17) is 9.15 Å². The van der Waals surface area contributed by atoms with Gasteiger partial charge in [0.15, 0.2) is 0 Å². The molecule has 1 aliphatic rings. The Hall–Kier alpha value is -2.73. The molecule has 1 fully saturated rings. The first-order chi connectivity index (χ1) is 12.3. The Morgan fingerprint density at radius 3 is 2.96 bits per heavy atom. The number of nitrogens with zero attached hydrogens (tertiary/aromatic N) is 4. The molecule has 128 valence electrons. The molecule has 0 amide bonds. The lowest BCUT2D eigenvalue weighted by Crippen LogP contribution is -2.23. The van der Waals surface area contributed by atoms with Crippen molar-refractivity contribution in [3.63, 3.8) is 0 Å². The minimum absolute atomic E-state index is 0.310. The lowest BCUT2D eigenvalue weighted by atomic mass is 10.0. The molecular weight excluding hydrogens is 316 g/mol. The lowest BCUT2D eigenvalue weighted by molar-refractivity contribution is 0.220. The van der Waals surface area contributed by atoms with Crippen LogP contribution in [-0.2, 0) is 6.54 Å². The quantitative estimate of drug-likeness (QED) is 0.711. The SMILES string of the molecule is COc1ccccc1[C@H]1CCCN1Cc1nnc(-c2cccnc2)o1. The van der Waals surface area contributed by atoms with Crippen molar-refractivity contribution in [2.45, 2.75) is 25.4 Å². The van der Waals surface area contributed by atoms with E-state index in [1.807, 2.05) is 24.3 Å². The Labute approximate surface area is 146 Å². The Balaban J connectivity index is 1.53. The number of pyridine rings is 1. The van der Waals surface area contributed by atoms with Gasteiger partial charge in [-0.15, -0.1) is 10.2 Å². The largest absolute Gasteiger partial charge is 0.496 e. The van der Waals surface area contributed by atoms with E-state index in [1.165, 1.54) is 5.56 Å². The van der Waals surface area contributed by atoms with Crippen LogP contribution >= 0.6 is 0 Å². The standard InChI is InChI=1S/C19H20N4O2/c1-24-17-9-3-2-7-15(17)16-8-5-11-23(16)13-18-21-22-19(25-18)14-6-4-10-20-12-14/h2-4,6-7,9-10,12,16H,5,8,11,13H2,1H3/t16-/m1/s1. The van der Waals surface area contributed by atoms with Crippen molar-refractivity contribution in [1.82, 2.24) is 20.1 Å². The van der Waals surface area contributed by atoms with Crippen molar-refractivity contribution in [3.8, 4) is 17.2 Å². The number of benzene rings is 1. The van der Waals surface area contributed by atoms with Crippen LogP contribution in [0.4, 0.5) is 0 Å².